The van der Waals surface area contributed by atoms with Crippen molar-refractivity contribution in [1.29, 1.82) is 0 Å². The first-order chi connectivity index (χ1) is 9.11. The van der Waals surface area contributed by atoms with E-state index in [2.05, 4.69) is 29.1 Å². The highest BCUT2D eigenvalue weighted by Crippen LogP contribution is 2.23. The summed E-state index contributed by atoms with van der Waals surface area (Å²) in [7, 11) is 0. The van der Waals surface area contributed by atoms with Gasteiger partial charge in [0.2, 0.25) is 0 Å². The van der Waals surface area contributed by atoms with Crippen molar-refractivity contribution in [2.24, 2.45) is 11.8 Å². The lowest BCUT2D eigenvalue weighted by atomic mass is 10.0. The Labute approximate surface area is 113 Å². The molecule has 0 aliphatic carbocycles. The Bertz CT molecular complexity index is 430. The van der Waals surface area contributed by atoms with E-state index in [9.17, 15) is 4.79 Å². The van der Waals surface area contributed by atoms with E-state index in [0.717, 1.165) is 19.6 Å². The van der Waals surface area contributed by atoms with Gasteiger partial charge in [-0.15, -0.1) is 5.10 Å². The summed E-state index contributed by atoms with van der Waals surface area (Å²) in [6, 6.07) is 0.662. The molecule has 7 nitrogen and oxygen atoms in total. The van der Waals surface area contributed by atoms with Gasteiger partial charge in [-0.2, -0.15) is 0 Å². The summed E-state index contributed by atoms with van der Waals surface area (Å²) < 4.78 is 1.69. The molecule has 0 spiro atoms. The highest BCUT2D eigenvalue weighted by atomic mass is 16.2. The van der Waals surface area contributed by atoms with E-state index in [4.69, 9.17) is 5.84 Å². The third-order valence-electron chi connectivity index (χ3n) is 3.70. The summed E-state index contributed by atoms with van der Waals surface area (Å²) in [4.78, 5) is 13.8. The maximum atomic E-state index is 11.3. The minimum Gasteiger partial charge on any atom is -0.298 e. The number of hydrogen-bond acceptors (Lipinski definition) is 5. The SMILES string of the molecule is CC(C)C1CCCN1CCn1cc(C(=O)NN)nn1. The van der Waals surface area contributed by atoms with Crippen LogP contribution in [0.4, 0.5) is 0 Å². The first-order valence-electron chi connectivity index (χ1n) is 6.77. The van der Waals surface area contributed by atoms with Crippen LogP contribution in [0.3, 0.4) is 0 Å². The highest BCUT2D eigenvalue weighted by Gasteiger charge is 2.26. The van der Waals surface area contributed by atoms with Crippen molar-refractivity contribution in [2.45, 2.75) is 39.3 Å². The average molecular weight is 266 g/mol. The normalized spacial score (nSPS) is 20.1. The number of nitrogen functional groups attached to an aromatic ring is 1. The van der Waals surface area contributed by atoms with Gasteiger partial charge in [-0.3, -0.25) is 19.8 Å². The number of rotatable bonds is 5. The number of aromatic nitrogens is 3. The smallest absolute Gasteiger partial charge is 0.287 e. The van der Waals surface area contributed by atoms with E-state index < -0.39 is 5.91 Å². The molecule has 2 heterocycles. The molecule has 2 rings (SSSR count). The number of carbonyl (C=O) groups is 1. The summed E-state index contributed by atoms with van der Waals surface area (Å²) in [5.41, 5.74) is 2.30. The number of nitrogens with two attached hydrogens (primary N) is 1. The predicted molar refractivity (Wildman–Crippen MR) is 71.1 cm³/mol. The lowest BCUT2D eigenvalue weighted by Crippen LogP contribution is -2.35. The molecule has 19 heavy (non-hydrogen) atoms. The molecule has 1 aromatic rings. The molecule has 0 bridgehead atoms. The molecule has 1 unspecified atom stereocenters. The summed E-state index contributed by atoms with van der Waals surface area (Å²) in [5, 5.41) is 7.73. The Balaban J connectivity index is 1.88. The number of nitrogens with one attached hydrogen (secondary N) is 1. The third kappa shape index (κ3) is 3.30. The van der Waals surface area contributed by atoms with Crippen molar-refractivity contribution < 1.29 is 4.79 Å². The van der Waals surface area contributed by atoms with E-state index in [1.165, 1.54) is 12.8 Å². The van der Waals surface area contributed by atoms with Gasteiger partial charge in [-0.1, -0.05) is 19.1 Å². The molecule has 1 saturated heterocycles. The second-order valence-corrected chi connectivity index (χ2v) is 5.33. The highest BCUT2D eigenvalue weighted by molar-refractivity contribution is 5.91. The summed E-state index contributed by atoms with van der Waals surface area (Å²) in [5.74, 6) is 5.32. The maximum absolute atomic E-state index is 11.3. The quantitative estimate of drug-likeness (QED) is 0.445. The molecule has 1 aromatic heterocycles. The lowest BCUT2D eigenvalue weighted by Gasteiger charge is -2.27. The molecule has 3 N–H and O–H groups in total. The van der Waals surface area contributed by atoms with Gasteiger partial charge in [0.15, 0.2) is 5.69 Å². The Morgan fingerprint density at radius 1 is 1.58 bits per heavy atom. The van der Waals surface area contributed by atoms with Crippen molar-refractivity contribution in [3.05, 3.63) is 11.9 Å². The Kier molecular flexibility index (Phi) is 4.49. The van der Waals surface area contributed by atoms with Crippen LogP contribution in [0.5, 0.6) is 0 Å². The van der Waals surface area contributed by atoms with Crippen LogP contribution in [0.2, 0.25) is 0 Å². The fourth-order valence-corrected chi connectivity index (χ4v) is 2.70. The fourth-order valence-electron chi connectivity index (χ4n) is 2.70. The molecule has 106 valence electrons. The van der Waals surface area contributed by atoms with Gasteiger partial charge in [0.25, 0.3) is 5.91 Å². The molecule has 0 aromatic carbocycles. The minimum atomic E-state index is -0.410. The van der Waals surface area contributed by atoms with E-state index in [1.807, 2.05) is 5.43 Å². The van der Waals surface area contributed by atoms with Gasteiger partial charge < -0.3 is 0 Å². The van der Waals surface area contributed by atoms with Gasteiger partial charge in [0, 0.05) is 12.6 Å². The van der Waals surface area contributed by atoms with Crippen LogP contribution >= 0.6 is 0 Å². The molecule has 7 heteroatoms. The van der Waals surface area contributed by atoms with Crippen molar-refractivity contribution in [3.8, 4) is 0 Å². The maximum Gasteiger partial charge on any atom is 0.287 e. The number of hydrazine groups is 1. The number of hydrogen-bond donors (Lipinski definition) is 2. The zero-order valence-electron chi connectivity index (χ0n) is 11.5. The molecule has 0 saturated carbocycles. The molecular formula is C12H22N6O. The first-order valence-corrected chi connectivity index (χ1v) is 6.77. The second-order valence-electron chi connectivity index (χ2n) is 5.33. The zero-order chi connectivity index (χ0) is 13.8. The van der Waals surface area contributed by atoms with Crippen molar-refractivity contribution >= 4 is 5.91 Å². The van der Waals surface area contributed by atoms with Gasteiger partial charge in [-0.25, -0.2) is 5.84 Å². The summed E-state index contributed by atoms with van der Waals surface area (Å²) >= 11 is 0. The van der Waals surface area contributed by atoms with Crippen LogP contribution in [0.15, 0.2) is 6.20 Å². The van der Waals surface area contributed by atoms with Gasteiger partial charge in [-0.05, 0) is 25.3 Å². The van der Waals surface area contributed by atoms with Gasteiger partial charge in [0.05, 0.1) is 12.7 Å². The van der Waals surface area contributed by atoms with Crippen molar-refractivity contribution in [2.75, 3.05) is 13.1 Å². The molecule has 0 radical (unpaired) electrons. The number of likely N-dealkylation sites (tertiary alicyclic amines) is 1. The predicted octanol–water partition coefficient (Wildman–Crippen LogP) is 0.00200. The minimum absolute atomic E-state index is 0.254. The molecular weight excluding hydrogens is 244 g/mol. The van der Waals surface area contributed by atoms with Crippen molar-refractivity contribution in [3.63, 3.8) is 0 Å². The van der Waals surface area contributed by atoms with Crippen LogP contribution in [-0.4, -0.2) is 44.9 Å². The van der Waals surface area contributed by atoms with E-state index in [1.54, 1.807) is 10.9 Å². The van der Waals surface area contributed by atoms with Crippen LogP contribution in [0.1, 0.15) is 37.2 Å². The summed E-state index contributed by atoms with van der Waals surface area (Å²) in [6.07, 6.45) is 4.17. The number of carbonyl (C=O) groups excluding carboxylic acids is 1. The van der Waals surface area contributed by atoms with Gasteiger partial charge in [0.1, 0.15) is 0 Å². The molecule has 1 atom stereocenters. The third-order valence-corrected chi connectivity index (χ3v) is 3.70. The van der Waals surface area contributed by atoms with E-state index in [-0.39, 0.29) is 5.69 Å². The van der Waals surface area contributed by atoms with Crippen LogP contribution < -0.4 is 11.3 Å². The summed E-state index contributed by atoms with van der Waals surface area (Å²) in [6.45, 7) is 7.36. The Morgan fingerprint density at radius 3 is 3.05 bits per heavy atom. The van der Waals surface area contributed by atoms with E-state index in [0.29, 0.717) is 12.0 Å². The molecule has 1 aliphatic rings. The number of nitrogens with zero attached hydrogens (tertiary/aromatic N) is 4. The van der Waals surface area contributed by atoms with Crippen LogP contribution in [0, 0.1) is 5.92 Å². The standard InChI is InChI=1S/C12H22N6O/c1-9(2)11-4-3-5-17(11)6-7-18-8-10(15-16-18)12(19)14-13/h8-9,11H,3-7,13H2,1-2H3,(H,14,19). The average Bonchev–Trinajstić information content (AvgIpc) is 3.04. The van der Waals surface area contributed by atoms with Gasteiger partial charge >= 0.3 is 0 Å². The zero-order valence-corrected chi connectivity index (χ0v) is 11.5. The van der Waals surface area contributed by atoms with Crippen LogP contribution in [0.25, 0.3) is 0 Å². The molecule has 1 amide bonds. The molecule has 1 fully saturated rings. The second kappa shape index (κ2) is 6.12. The first kappa shape index (κ1) is 14.0. The largest absolute Gasteiger partial charge is 0.298 e. The monoisotopic (exact) mass is 266 g/mol. The topological polar surface area (TPSA) is 89.1 Å². The van der Waals surface area contributed by atoms with Crippen LogP contribution in [-0.2, 0) is 6.54 Å². The Morgan fingerprint density at radius 2 is 2.37 bits per heavy atom. The number of amides is 1. The van der Waals surface area contributed by atoms with Crippen molar-refractivity contribution in [1.82, 2.24) is 25.3 Å². The van der Waals surface area contributed by atoms with E-state index >= 15 is 0 Å². The lowest BCUT2D eigenvalue weighted by molar-refractivity contribution is 0.0948. The molecule has 1 aliphatic heterocycles. The Hall–Kier alpha value is -1.47. The fraction of sp³-hybridized carbons (Fsp3) is 0.750.